The molecule has 0 atom stereocenters. The van der Waals surface area contributed by atoms with Crippen molar-refractivity contribution in [1.29, 1.82) is 0 Å². The summed E-state index contributed by atoms with van der Waals surface area (Å²) >= 11 is 0. The van der Waals surface area contributed by atoms with Crippen molar-refractivity contribution in [3.8, 4) is 0 Å². The number of ether oxygens (including phenoxy) is 1. The summed E-state index contributed by atoms with van der Waals surface area (Å²) < 4.78 is 4.83. The SMILES string of the molecule is CCOC(=O)/C(N)=C(\C)NCc1ccc(C)cc1. The van der Waals surface area contributed by atoms with Crippen LogP contribution in [-0.4, -0.2) is 12.6 Å². The summed E-state index contributed by atoms with van der Waals surface area (Å²) in [5, 5.41) is 3.11. The van der Waals surface area contributed by atoms with Crippen LogP contribution in [0.25, 0.3) is 0 Å². The Hall–Kier alpha value is -1.97. The number of esters is 1. The number of hydrogen-bond donors (Lipinski definition) is 2. The Labute approximate surface area is 108 Å². The third-order valence-corrected chi connectivity index (χ3v) is 2.58. The van der Waals surface area contributed by atoms with Crippen LogP contribution in [0.15, 0.2) is 35.7 Å². The molecule has 0 radical (unpaired) electrons. The van der Waals surface area contributed by atoms with E-state index < -0.39 is 5.97 Å². The van der Waals surface area contributed by atoms with Gasteiger partial charge in [-0.3, -0.25) is 0 Å². The molecule has 1 rings (SSSR count). The van der Waals surface area contributed by atoms with E-state index in [0.29, 0.717) is 18.8 Å². The maximum Gasteiger partial charge on any atom is 0.355 e. The quantitative estimate of drug-likeness (QED) is 0.616. The summed E-state index contributed by atoms with van der Waals surface area (Å²) in [7, 11) is 0. The number of allylic oxidation sites excluding steroid dienone is 1. The third kappa shape index (κ3) is 4.13. The third-order valence-electron chi connectivity index (χ3n) is 2.58. The molecule has 0 saturated heterocycles. The monoisotopic (exact) mass is 248 g/mol. The van der Waals surface area contributed by atoms with Crippen LogP contribution in [0.2, 0.25) is 0 Å². The van der Waals surface area contributed by atoms with Crippen LogP contribution in [0.1, 0.15) is 25.0 Å². The van der Waals surface area contributed by atoms with Crippen molar-refractivity contribution >= 4 is 5.97 Å². The van der Waals surface area contributed by atoms with E-state index in [9.17, 15) is 4.79 Å². The van der Waals surface area contributed by atoms with Gasteiger partial charge in [-0.05, 0) is 26.3 Å². The normalized spacial score (nSPS) is 11.7. The van der Waals surface area contributed by atoms with Crippen molar-refractivity contribution in [2.24, 2.45) is 5.73 Å². The highest BCUT2D eigenvalue weighted by molar-refractivity contribution is 5.88. The van der Waals surface area contributed by atoms with E-state index in [1.165, 1.54) is 5.56 Å². The van der Waals surface area contributed by atoms with E-state index in [1.807, 2.05) is 31.2 Å². The predicted octanol–water partition coefficient (Wildman–Crippen LogP) is 1.84. The lowest BCUT2D eigenvalue weighted by molar-refractivity contribution is -0.138. The molecule has 0 aliphatic carbocycles. The second kappa shape index (κ2) is 6.69. The van der Waals surface area contributed by atoms with Crippen molar-refractivity contribution in [2.75, 3.05) is 6.61 Å². The molecule has 3 N–H and O–H groups in total. The van der Waals surface area contributed by atoms with Gasteiger partial charge in [0.15, 0.2) is 0 Å². The minimum Gasteiger partial charge on any atom is -0.461 e. The molecule has 0 unspecified atom stereocenters. The standard InChI is InChI=1S/C14H20N2O2/c1-4-18-14(17)13(15)11(3)16-9-12-7-5-10(2)6-8-12/h5-8,16H,4,9,15H2,1-3H3/b13-11-. The molecule has 0 saturated carbocycles. The van der Waals surface area contributed by atoms with E-state index in [2.05, 4.69) is 5.32 Å². The highest BCUT2D eigenvalue weighted by atomic mass is 16.5. The van der Waals surface area contributed by atoms with Crippen LogP contribution >= 0.6 is 0 Å². The predicted molar refractivity (Wildman–Crippen MR) is 71.5 cm³/mol. The van der Waals surface area contributed by atoms with Gasteiger partial charge in [-0.25, -0.2) is 4.79 Å². The summed E-state index contributed by atoms with van der Waals surface area (Å²) in [6.07, 6.45) is 0. The summed E-state index contributed by atoms with van der Waals surface area (Å²) in [6, 6.07) is 8.17. The van der Waals surface area contributed by atoms with Gasteiger partial charge in [-0.2, -0.15) is 0 Å². The molecule has 0 aromatic heterocycles. The number of nitrogens with two attached hydrogens (primary N) is 1. The fourth-order valence-corrected chi connectivity index (χ4v) is 1.40. The number of carbonyl (C=O) groups excluding carboxylic acids is 1. The zero-order valence-electron chi connectivity index (χ0n) is 11.1. The Morgan fingerprint density at radius 3 is 2.50 bits per heavy atom. The van der Waals surface area contributed by atoms with Crippen molar-refractivity contribution in [2.45, 2.75) is 27.3 Å². The van der Waals surface area contributed by atoms with Crippen LogP contribution in [-0.2, 0) is 16.1 Å². The molecule has 98 valence electrons. The molecule has 1 aromatic rings. The molecule has 18 heavy (non-hydrogen) atoms. The van der Waals surface area contributed by atoms with Crippen LogP contribution in [0.4, 0.5) is 0 Å². The average molecular weight is 248 g/mol. The molecule has 0 amide bonds. The molecular weight excluding hydrogens is 228 g/mol. The fraction of sp³-hybridized carbons (Fsp3) is 0.357. The lowest BCUT2D eigenvalue weighted by Crippen LogP contribution is -2.22. The van der Waals surface area contributed by atoms with E-state index in [-0.39, 0.29) is 5.70 Å². The first kappa shape index (κ1) is 14.1. The average Bonchev–Trinajstić information content (AvgIpc) is 2.37. The first-order chi connectivity index (χ1) is 8.54. The zero-order chi connectivity index (χ0) is 13.5. The van der Waals surface area contributed by atoms with Crippen molar-refractivity contribution in [1.82, 2.24) is 5.32 Å². The van der Waals surface area contributed by atoms with Gasteiger partial charge in [0.25, 0.3) is 0 Å². The van der Waals surface area contributed by atoms with Gasteiger partial charge >= 0.3 is 5.97 Å². The molecule has 0 spiro atoms. The molecule has 4 heteroatoms. The summed E-state index contributed by atoms with van der Waals surface area (Å²) in [6.45, 7) is 6.51. The van der Waals surface area contributed by atoms with Gasteiger partial charge in [-0.15, -0.1) is 0 Å². The maximum atomic E-state index is 11.4. The second-order valence-electron chi connectivity index (χ2n) is 4.10. The topological polar surface area (TPSA) is 64.3 Å². The van der Waals surface area contributed by atoms with E-state index in [1.54, 1.807) is 13.8 Å². The number of hydrogen-bond acceptors (Lipinski definition) is 4. The highest BCUT2D eigenvalue weighted by Gasteiger charge is 2.09. The van der Waals surface area contributed by atoms with Crippen LogP contribution in [0.3, 0.4) is 0 Å². The smallest absolute Gasteiger partial charge is 0.355 e. The Bertz CT molecular complexity index is 436. The molecule has 4 nitrogen and oxygen atoms in total. The second-order valence-corrected chi connectivity index (χ2v) is 4.10. The number of benzene rings is 1. The van der Waals surface area contributed by atoms with Gasteiger partial charge in [0.1, 0.15) is 5.70 Å². The van der Waals surface area contributed by atoms with Gasteiger partial charge in [-0.1, -0.05) is 29.8 Å². The Kier molecular flexibility index (Phi) is 5.24. The molecule has 0 heterocycles. The number of carbonyl (C=O) groups is 1. The first-order valence-electron chi connectivity index (χ1n) is 5.97. The summed E-state index contributed by atoms with van der Waals surface area (Å²) in [4.78, 5) is 11.4. The van der Waals surface area contributed by atoms with Gasteiger partial charge in [0, 0.05) is 12.2 Å². The van der Waals surface area contributed by atoms with Gasteiger partial charge in [0.2, 0.25) is 0 Å². The van der Waals surface area contributed by atoms with Crippen molar-refractivity contribution in [3.63, 3.8) is 0 Å². The van der Waals surface area contributed by atoms with Crippen LogP contribution < -0.4 is 11.1 Å². The summed E-state index contributed by atoms with van der Waals surface area (Å²) in [5.41, 5.74) is 8.79. The van der Waals surface area contributed by atoms with Crippen LogP contribution in [0, 0.1) is 6.92 Å². The minimum absolute atomic E-state index is 0.129. The first-order valence-corrected chi connectivity index (χ1v) is 5.97. The number of rotatable bonds is 5. The van der Waals surface area contributed by atoms with Crippen molar-refractivity contribution < 1.29 is 9.53 Å². The molecule has 1 aromatic carbocycles. The lowest BCUT2D eigenvalue weighted by Gasteiger charge is -2.10. The zero-order valence-corrected chi connectivity index (χ0v) is 11.1. The molecular formula is C14H20N2O2. The van der Waals surface area contributed by atoms with Crippen LogP contribution in [0.5, 0.6) is 0 Å². The van der Waals surface area contributed by atoms with E-state index in [0.717, 1.165) is 5.56 Å². The van der Waals surface area contributed by atoms with Gasteiger partial charge in [0.05, 0.1) is 6.61 Å². The minimum atomic E-state index is -0.480. The Balaban J connectivity index is 2.59. The number of aryl methyl sites for hydroxylation is 1. The molecule has 0 bridgehead atoms. The maximum absolute atomic E-state index is 11.4. The fourth-order valence-electron chi connectivity index (χ4n) is 1.40. The largest absolute Gasteiger partial charge is 0.461 e. The Morgan fingerprint density at radius 2 is 1.94 bits per heavy atom. The van der Waals surface area contributed by atoms with Crippen molar-refractivity contribution in [3.05, 3.63) is 46.8 Å². The lowest BCUT2D eigenvalue weighted by atomic mass is 10.1. The number of nitrogens with one attached hydrogen (secondary N) is 1. The van der Waals surface area contributed by atoms with Gasteiger partial charge < -0.3 is 15.8 Å². The summed E-state index contributed by atoms with van der Waals surface area (Å²) in [5.74, 6) is -0.480. The molecule has 0 aliphatic heterocycles. The Morgan fingerprint density at radius 1 is 1.33 bits per heavy atom. The van der Waals surface area contributed by atoms with E-state index in [4.69, 9.17) is 10.5 Å². The molecule has 0 aliphatic rings. The van der Waals surface area contributed by atoms with E-state index >= 15 is 0 Å². The molecule has 0 fully saturated rings. The highest BCUT2D eigenvalue weighted by Crippen LogP contribution is 2.04.